The van der Waals surface area contributed by atoms with Crippen LogP contribution in [0.5, 0.6) is 0 Å². The molecule has 0 saturated heterocycles. The van der Waals surface area contributed by atoms with Crippen LogP contribution < -0.4 is 0 Å². The zero-order valence-electron chi connectivity index (χ0n) is 13.8. The highest BCUT2D eigenvalue weighted by molar-refractivity contribution is 6.02. The maximum atomic E-state index is 4.61. The van der Waals surface area contributed by atoms with Gasteiger partial charge in [0.15, 0.2) is 0 Å². The molecule has 5 rings (SSSR count). The van der Waals surface area contributed by atoms with Crippen LogP contribution in [-0.4, -0.2) is 4.98 Å². The van der Waals surface area contributed by atoms with Gasteiger partial charge in [0.05, 0.1) is 5.52 Å². The van der Waals surface area contributed by atoms with Gasteiger partial charge >= 0.3 is 0 Å². The summed E-state index contributed by atoms with van der Waals surface area (Å²) in [5.41, 5.74) is 6.28. The van der Waals surface area contributed by atoms with Crippen molar-refractivity contribution >= 4 is 32.8 Å². The Kier molecular flexibility index (Phi) is 3.24. The second-order valence-corrected chi connectivity index (χ2v) is 6.44. The molecule has 0 atom stereocenters. The molecule has 0 N–H and O–H groups in total. The molecule has 0 bridgehead atoms. The van der Waals surface area contributed by atoms with E-state index < -0.39 is 0 Å². The van der Waals surface area contributed by atoms with Gasteiger partial charge in [0.2, 0.25) is 0 Å². The third kappa shape index (κ3) is 2.36. The molecule has 1 aliphatic carbocycles. The molecule has 118 valence electrons. The summed E-state index contributed by atoms with van der Waals surface area (Å²) in [6.07, 6.45) is 7.48. The van der Waals surface area contributed by atoms with Crippen molar-refractivity contribution in [1.29, 1.82) is 0 Å². The Morgan fingerprint density at radius 1 is 0.680 bits per heavy atom. The predicted octanol–water partition coefficient (Wildman–Crippen LogP) is 6.26. The summed E-state index contributed by atoms with van der Waals surface area (Å²) in [6, 6.07) is 25.7. The molecule has 1 aliphatic rings. The number of allylic oxidation sites excluding steroid dienone is 4. The van der Waals surface area contributed by atoms with E-state index in [4.69, 9.17) is 0 Å². The van der Waals surface area contributed by atoms with Crippen LogP contribution in [0.3, 0.4) is 0 Å². The number of aromatic nitrogens is 1. The lowest BCUT2D eigenvalue weighted by Crippen LogP contribution is -1.87. The van der Waals surface area contributed by atoms with E-state index in [2.05, 4.69) is 83.9 Å². The van der Waals surface area contributed by atoms with E-state index in [9.17, 15) is 0 Å². The maximum absolute atomic E-state index is 4.61. The van der Waals surface area contributed by atoms with Crippen molar-refractivity contribution in [2.75, 3.05) is 0 Å². The van der Waals surface area contributed by atoms with E-state index >= 15 is 0 Å². The normalized spacial score (nSPS) is 13.9. The van der Waals surface area contributed by atoms with Crippen molar-refractivity contribution in [3.05, 3.63) is 102 Å². The lowest BCUT2D eigenvalue weighted by molar-refractivity contribution is 1.37. The minimum Gasteiger partial charge on any atom is -0.256 e. The molecular formula is C24H17N. The molecule has 1 aromatic heterocycles. The van der Waals surface area contributed by atoms with Gasteiger partial charge in [-0.15, -0.1) is 0 Å². The summed E-state index contributed by atoms with van der Waals surface area (Å²) in [5, 5.41) is 3.79. The van der Waals surface area contributed by atoms with Crippen molar-refractivity contribution in [2.45, 2.75) is 6.42 Å². The molecule has 1 heteroatoms. The largest absolute Gasteiger partial charge is 0.256 e. The van der Waals surface area contributed by atoms with Crippen LogP contribution in [0.2, 0.25) is 0 Å². The number of hydrogen-bond donors (Lipinski definition) is 0. The van der Waals surface area contributed by atoms with Gasteiger partial charge in [0, 0.05) is 17.1 Å². The Morgan fingerprint density at radius 3 is 2.40 bits per heavy atom. The van der Waals surface area contributed by atoms with E-state index in [-0.39, 0.29) is 0 Å². The first kappa shape index (κ1) is 14.2. The smallest absolute Gasteiger partial charge is 0.0777 e. The van der Waals surface area contributed by atoms with Gasteiger partial charge in [-0.3, -0.25) is 4.98 Å². The van der Waals surface area contributed by atoms with Crippen LogP contribution in [0.25, 0.3) is 32.8 Å². The number of nitrogens with zero attached hydrogens (tertiary/aromatic N) is 1. The van der Waals surface area contributed by atoms with Gasteiger partial charge < -0.3 is 0 Å². The average molecular weight is 319 g/mol. The molecule has 0 saturated carbocycles. The maximum Gasteiger partial charge on any atom is 0.0777 e. The third-order valence-electron chi connectivity index (χ3n) is 4.95. The highest BCUT2D eigenvalue weighted by atomic mass is 14.6. The average Bonchev–Trinajstić information content (AvgIpc) is 3.17. The summed E-state index contributed by atoms with van der Waals surface area (Å²) >= 11 is 0. The molecule has 0 aliphatic heterocycles. The summed E-state index contributed by atoms with van der Waals surface area (Å²) in [7, 11) is 0. The molecule has 0 unspecified atom stereocenters. The van der Waals surface area contributed by atoms with Gasteiger partial charge in [-0.2, -0.15) is 0 Å². The first-order valence-electron chi connectivity index (χ1n) is 8.63. The van der Waals surface area contributed by atoms with Crippen molar-refractivity contribution in [1.82, 2.24) is 4.98 Å². The van der Waals surface area contributed by atoms with E-state index in [0.29, 0.717) is 0 Å². The second-order valence-electron chi connectivity index (χ2n) is 6.44. The van der Waals surface area contributed by atoms with Gasteiger partial charge in [-0.05, 0) is 40.0 Å². The summed E-state index contributed by atoms with van der Waals surface area (Å²) < 4.78 is 0. The minimum absolute atomic E-state index is 0.953. The molecule has 25 heavy (non-hydrogen) atoms. The summed E-state index contributed by atoms with van der Waals surface area (Å²) in [6.45, 7) is 0. The highest BCUT2D eigenvalue weighted by Crippen LogP contribution is 2.36. The van der Waals surface area contributed by atoms with E-state index in [1.165, 1.54) is 38.4 Å². The first-order chi connectivity index (χ1) is 12.4. The van der Waals surface area contributed by atoms with Gasteiger partial charge in [0.25, 0.3) is 0 Å². The van der Waals surface area contributed by atoms with Crippen molar-refractivity contribution in [3.8, 4) is 0 Å². The first-order valence-corrected chi connectivity index (χ1v) is 8.63. The zero-order chi connectivity index (χ0) is 16.6. The van der Waals surface area contributed by atoms with Gasteiger partial charge in [-0.1, -0.05) is 78.9 Å². The number of para-hydroxylation sites is 1. The van der Waals surface area contributed by atoms with E-state index in [1.807, 2.05) is 12.3 Å². The Bertz CT molecular complexity index is 1150. The molecular weight excluding hydrogens is 302 g/mol. The van der Waals surface area contributed by atoms with Crippen LogP contribution in [0.15, 0.2) is 91.1 Å². The van der Waals surface area contributed by atoms with Crippen LogP contribution in [0.1, 0.15) is 17.5 Å². The Labute approximate surface area is 147 Å². The monoisotopic (exact) mass is 319 g/mol. The lowest BCUT2D eigenvalue weighted by Gasteiger charge is -2.07. The van der Waals surface area contributed by atoms with Crippen LogP contribution in [0, 0.1) is 0 Å². The van der Waals surface area contributed by atoms with Crippen molar-refractivity contribution in [3.63, 3.8) is 0 Å². The number of rotatable bonds is 2. The predicted molar refractivity (Wildman–Crippen MR) is 106 cm³/mol. The molecule has 3 aromatic carbocycles. The minimum atomic E-state index is 0.953. The quantitative estimate of drug-likeness (QED) is 0.425. The van der Waals surface area contributed by atoms with Crippen LogP contribution in [-0.2, 0) is 0 Å². The molecule has 4 aromatic rings. The molecule has 0 amide bonds. The highest BCUT2D eigenvalue weighted by Gasteiger charge is 2.14. The fourth-order valence-corrected chi connectivity index (χ4v) is 3.74. The molecule has 1 heterocycles. The fraction of sp³-hybridized carbons (Fsp3) is 0.0417. The molecule has 1 nitrogen and oxygen atoms in total. The van der Waals surface area contributed by atoms with Crippen molar-refractivity contribution in [2.24, 2.45) is 0 Å². The Hall–Kier alpha value is -3.19. The number of fused-ring (bicyclic) bond motifs is 2. The summed E-state index contributed by atoms with van der Waals surface area (Å²) in [5.74, 6) is 0. The molecule has 0 spiro atoms. The Morgan fingerprint density at radius 2 is 1.44 bits per heavy atom. The zero-order valence-corrected chi connectivity index (χ0v) is 13.8. The lowest BCUT2D eigenvalue weighted by atomic mass is 9.98. The molecule has 0 fully saturated rings. The SMILES string of the molecule is C1=C(c2cccc3ccccc23)C=C(c2cccc3cccnc23)C1. The van der Waals surface area contributed by atoms with E-state index in [1.54, 1.807) is 0 Å². The topological polar surface area (TPSA) is 12.9 Å². The second kappa shape index (κ2) is 5.71. The number of hydrogen-bond acceptors (Lipinski definition) is 1. The third-order valence-corrected chi connectivity index (χ3v) is 4.95. The van der Waals surface area contributed by atoms with Crippen LogP contribution >= 0.6 is 0 Å². The van der Waals surface area contributed by atoms with Crippen LogP contribution in [0.4, 0.5) is 0 Å². The Balaban J connectivity index is 1.63. The standard InChI is InChI=1S/C24H17N/c1-2-10-21-17(6-1)7-3-11-22(21)19-13-14-20(16-19)23-12-4-8-18-9-5-15-25-24(18)23/h1-13,15-16H,14H2. The molecule has 0 radical (unpaired) electrons. The van der Waals surface area contributed by atoms with E-state index in [0.717, 1.165) is 11.9 Å². The fourth-order valence-electron chi connectivity index (χ4n) is 3.74. The summed E-state index contributed by atoms with van der Waals surface area (Å²) in [4.78, 5) is 4.61. The van der Waals surface area contributed by atoms with Crippen molar-refractivity contribution < 1.29 is 0 Å². The van der Waals surface area contributed by atoms with Gasteiger partial charge in [0.1, 0.15) is 0 Å². The number of benzene rings is 3. The number of pyridine rings is 1. The van der Waals surface area contributed by atoms with Gasteiger partial charge in [-0.25, -0.2) is 0 Å².